The second kappa shape index (κ2) is 4.23. The Balaban J connectivity index is 1.98. The molecule has 0 amide bonds. The molecule has 0 N–H and O–H groups in total. The van der Waals surface area contributed by atoms with Crippen LogP contribution in [0, 0.1) is 17.3 Å². The van der Waals surface area contributed by atoms with Crippen LogP contribution in [0.2, 0.25) is 0 Å². The van der Waals surface area contributed by atoms with Crippen molar-refractivity contribution < 1.29 is 9.53 Å². The maximum atomic E-state index is 11.1. The lowest BCUT2D eigenvalue weighted by molar-refractivity contribution is -0.140. The average molecular weight is 222 g/mol. The van der Waals surface area contributed by atoms with E-state index in [0.29, 0.717) is 11.8 Å². The number of fused-ring (bicyclic) bond motifs is 2. The van der Waals surface area contributed by atoms with Gasteiger partial charge in [-0.3, -0.25) is 4.79 Å². The standard InChI is InChI=1S/C14H22O2/c1-14(2)11-8-7-10(9-11)12(14)5-4-6-13(15)16-3/h5,10-11H,4,6-9H2,1-3H3/b12-5+. The Kier molecular flexibility index (Phi) is 3.09. The summed E-state index contributed by atoms with van der Waals surface area (Å²) in [5.41, 5.74) is 1.98. The molecule has 90 valence electrons. The van der Waals surface area contributed by atoms with Crippen molar-refractivity contribution in [2.24, 2.45) is 17.3 Å². The van der Waals surface area contributed by atoms with Crippen LogP contribution < -0.4 is 0 Å². The Labute approximate surface area is 98.1 Å². The normalized spacial score (nSPS) is 33.3. The van der Waals surface area contributed by atoms with Crippen LogP contribution in [-0.4, -0.2) is 13.1 Å². The fourth-order valence-corrected chi connectivity index (χ4v) is 3.56. The molecule has 2 rings (SSSR count). The Morgan fingerprint density at radius 1 is 1.50 bits per heavy atom. The van der Waals surface area contributed by atoms with Crippen LogP contribution in [0.3, 0.4) is 0 Å². The van der Waals surface area contributed by atoms with Gasteiger partial charge >= 0.3 is 5.97 Å². The van der Waals surface area contributed by atoms with E-state index in [4.69, 9.17) is 0 Å². The third-order valence-corrected chi connectivity index (χ3v) is 4.58. The summed E-state index contributed by atoms with van der Waals surface area (Å²) in [4.78, 5) is 11.1. The van der Waals surface area contributed by atoms with Crippen LogP contribution in [-0.2, 0) is 9.53 Å². The summed E-state index contributed by atoms with van der Waals surface area (Å²) in [5, 5.41) is 0. The molecule has 2 fully saturated rings. The summed E-state index contributed by atoms with van der Waals surface area (Å²) in [5.74, 6) is 1.58. The molecule has 2 aliphatic carbocycles. The highest BCUT2D eigenvalue weighted by atomic mass is 16.5. The Hall–Kier alpha value is -0.790. The predicted octanol–water partition coefficient (Wildman–Crippen LogP) is 3.32. The molecule has 2 unspecified atom stereocenters. The smallest absolute Gasteiger partial charge is 0.305 e. The van der Waals surface area contributed by atoms with Crippen LogP contribution in [0.5, 0.6) is 0 Å². The van der Waals surface area contributed by atoms with Gasteiger partial charge in [-0.15, -0.1) is 0 Å². The number of methoxy groups -OCH3 is 1. The van der Waals surface area contributed by atoms with E-state index in [-0.39, 0.29) is 5.97 Å². The number of esters is 1. The zero-order valence-corrected chi connectivity index (χ0v) is 10.6. The molecule has 0 aromatic rings. The Morgan fingerprint density at radius 3 is 2.81 bits per heavy atom. The summed E-state index contributed by atoms with van der Waals surface area (Å²) >= 11 is 0. The molecule has 0 aliphatic heterocycles. The minimum Gasteiger partial charge on any atom is -0.469 e. The minimum atomic E-state index is -0.0992. The van der Waals surface area contributed by atoms with Gasteiger partial charge in [0.25, 0.3) is 0 Å². The SMILES string of the molecule is COC(=O)CC/C=C1\C2CCC(C2)C1(C)C. The first-order valence-electron chi connectivity index (χ1n) is 6.33. The van der Waals surface area contributed by atoms with Crippen LogP contribution in [0.1, 0.15) is 46.0 Å². The lowest BCUT2D eigenvalue weighted by Crippen LogP contribution is -2.22. The van der Waals surface area contributed by atoms with Crippen molar-refractivity contribution >= 4 is 5.97 Å². The second-order valence-corrected chi connectivity index (χ2v) is 5.70. The lowest BCUT2D eigenvalue weighted by atomic mass is 9.72. The summed E-state index contributed by atoms with van der Waals surface area (Å²) in [6, 6.07) is 0. The highest BCUT2D eigenvalue weighted by Crippen LogP contribution is 2.59. The molecule has 2 bridgehead atoms. The third-order valence-electron chi connectivity index (χ3n) is 4.58. The molecule has 2 atom stereocenters. The zero-order valence-electron chi connectivity index (χ0n) is 10.6. The molecule has 0 heterocycles. The molecule has 16 heavy (non-hydrogen) atoms. The highest BCUT2D eigenvalue weighted by molar-refractivity contribution is 5.69. The zero-order chi connectivity index (χ0) is 11.8. The van der Waals surface area contributed by atoms with Crippen molar-refractivity contribution in [1.82, 2.24) is 0 Å². The van der Waals surface area contributed by atoms with Gasteiger partial charge in [0.1, 0.15) is 0 Å². The van der Waals surface area contributed by atoms with Gasteiger partial charge in [0.15, 0.2) is 0 Å². The fourth-order valence-electron chi connectivity index (χ4n) is 3.56. The summed E-state index contributed by atoms with van der Waals surface area (Å²) < 4.78 is 4.66. The topological polar surface area (TPSA) is 26.3 Å². The summed E-state index contributed by atoms with van der Waals surface area (Å²) in [6.45, 7) is 4.72. The molecule has 0 aromatic carbocycles. The van der Waals surface area contributed by atoms with Gasteiger partial charge < -0.3 is 4.74 Å². The number of hydrogen-bond donors (Lipinski definition) is 0. The van der Waals surface area contributed by atoms with Gasteiger partial charge in [-0.1, -0.05) is 25.5 Å². The van der Waals surface area contributed by atoms with Gasteiger partial charge in [-0.25, -0.2) is 0 Å². The first kappa shape index (κ1) is 11.7. The number of hydrogen-bond acceptors (Lipinski definition) is 2. The lowest BCUT2D eigenvalue weighted by Gasteiger charge is -2.33. The largest absolute Gasteiger partial charge is 0.469 e. The van der Waals surface area contributed by atoms with E-state index in [0.717, 1.165) is 18.3 Å². The third kappa shape index (κ3) is 1.90. The van der Waals surface area contributed by atoms with Crippen molar-refractivity contribution in [3.05, 3.63) is 11.6 Å². The number of carbonyl (C=O) groups excluding carboxylic acids is 1. The number of carbonyl (C=O) groups is 1. The maximum absolute atomic E-state index is 11.1. The molecule has 0 saturated heterocycles. The molecule has 2 heteroatoms. The van der Waals surface area contributed by atoms with Gasteiger partial charge in [0, 0.05) is 6.42 Å². The molecule has 2 saturated carbocycles. The van der Waals surface area contributed by atoms with Crippen LogP contribution >= 0.6 is 0 Å². The van der Waals surface area contributed by atoms with Gasteiger partial charge in [-0.05, 0) is 42.9 Å². The van der Waals surface area contributed by atoms with E-state index in [2.05, 4.69) is 24.7 Å². The van der Waals surface area contributed by atoms with Crippen LogP contribution in [0.25, 0.3) is 0 Å². The van der Waals surface area contributed by atoms with Gasteiger partial charge in [0.05, 0.1) is 7.11 Å². The van der Waals surface area contributed by atoms with Crippen LogP contribution in [0.15, 0.2) is 11.6 Å². The van der Waals surface area contributed by atoms with E-state index >= 15 is 0 Å². The van der Waals surface area contributed by atoms with Gasteiger partial charge in [-0.2, -0.15) is 0 Å². The van der Waals surface area contributed by atoms with E-state index < -0.39 is 0 Å². The van der Waals surface area contributed by atoms with E-state index in [9.17, 15) is 4.79 Å². The summed E-state index contributed by atoms with van der Waals surface area (Å²) in [6.07, 6.45) is 7.80. The molecular formula is C14H22O2. The molecule has 0 spiro atoms. The Morgan fingerprint density at radius 2 is 2.25 bits per heavy atom. The molecular weight excluding hydrogens is 200 g/mol. The number of rotatable bonds is 3. The highest BCUT2D eigenvalue weighted by Gasteiger charge is 2.48. The first-order valence-corrected chi connectivity index (χ1v) is 6.33. The quantitative estimate of drug-likeness (QED) is 0.541. The Bertz CT molecular complexity index is 315. The predicted molar refractivity (Wildman–Crippen MR) is 63.9 cm³/mol. The second-order valence-electron chi connectivity index (χ2n) is 5.70. The number of ether oxygens (including phenoxy) is 1. The monoisotopic (exact) mass is 222 g/mol. The fraction of sp³-hybridized carbons (Fsp3) is 0.786. The van der Waals surface area contributed by atoms with Gasteiger partial charge in [0.2, 0.25) is 0 Å². The van der Waals surface area contributed by atoms with Crippen molar-refractivity contribution in [3.63, 3.8) is 0 Å². The van der Waals surface area contributed by atoms with Crippen molar-refractivity contribution in [1.29, 1.82) is 0 Å². The van der Waals surface area contributed by atoms with E-state index in [1.807, 2.05) is 0 Å². The maximum Gasteiger partial charge on any atom is 0.305 e. The average Bonchev–Trinajstić information content (AvgIpc) is 2.79. The van der Waals surface area contributed by atoms with E-state index in [1.165, 1.54) is 26.4 Å². The van der Waals surface area contributed by atoms with E-state index in [1.54, 1.807) is 5.57 Å². The molecule has 0 radical (unpaired) electrons. The molecule has 0 aromatic heterocycles. The molecule has 2 nitrogen and oxygen atoms in total. The van der Waals surface area contributed by atoms with Crippen molar-refractivity contribution in [2.45, 2.75) is 46.0 Å². The summed E-state index contributed by atoms with van der Waals surface area (Å²) in [7, 11) is 1.46. The van der Waals surface area contributed by atoms with Crippen molar-refractivity contribution in [2.75, 3.05) is 7.11 Å². The molecule has 2 aliphatic rings. The van der Waals surface area contributed by atoms with Crippen molar-refractivity contribution in [3.8, 4) is 0 Å². The number of allylic oxidation sites excluding steroid dienone is 2. The van der Waals surface area contributed by atoms with Crippen LogP contribution in [0.4, 0.5) is 0 Å². The minimum absolute atomic E-state index is 0.0992. The first-order chi connectivity index (χ1) is 7.55.